The van der Waals surface area contributed by atoms with E-state index >= 15 is 0 Å². The van der Waals surface area contributed by atoms with Crippen LogP contribution < -0.4 is 4.90 Å². The highest BCUT2D eigenvalue weighted by Gasteiger charge is 2.27. The summed E-state index contributed by atoms with van der Waals surface area (Å²) in [4.78, 5) is 27.8. The van der Waals surface area contributed by atoms with Crippen LogP contribution in [0.15, 0.2) is 18.2 Å². The average molecular weight is 302 g/mol. The van der Waals surface area contributed by atoms with Gasteiger partial charge in [-0.25, -0.2) is 0 Å². The van der Waals surface area contributed by atoms with Gasteiger partial charge in [-0.05, 0) is 48.9 Å². The molecule has 5 heteroatoms. The van der Waals surface area contributed by atoms with Gasteiger partial charge in [0.15, 0.2) is 0 Å². The number of benzene rings is 1. The SMILES string of the molecule is CC(=O)N1CCc2cc(C(=O)N3CCCC(CO)C3)ccc21. The maximum absolute atomic E-state index is 12.6. The highest BCUT2D eigenvalue weighted by molar-refractivity contribution is 5.97. The first-order chi connectivity index (χ1) is 10.6. The summed E-state index contributed by atoms with van der Waals surface area (Å²) in [5.74, 6) is 0.266. The second kappa shape index (κ2) is 6.08. The number of rotatable bonds is 2. The lowest BCUT2D eigenvalue weighted by molar-refractivity contribution is -0.116. The Morgan fingerprint density at radius 1 is 1.32 bits per heavy atom. The van der Waals surface area contributed by atoms with Gasteiger partial charge in [-0.2, -0.15) is 0 Å². The molecule has 0 radical (unpaired) electrons. The summed E-state index contributed by atoms with van der Waals surface area (Å²) in [7, 11) is 0. The Bertz CT molecular complexity index is 600. The molecule has 0 saturated carbocycles. The molecule has 1 saturated heterocycles. The summed E-state index contributed by atoms with van der Waals surface area (Å²) in [6, 6.07) is 5.61. The monoisotopic (exact) mass is 302 g/mol. The molecule has 0 aromatic heterocycles. The first-order valence-corrected chi connectivity index (χ1v) is 7.91. The standard InChI is InChI=1S/C17H22N2O3/c1-12(21)19-8-6-14-9-15(4-5-16(14)19)17(22)18-7-2-3-13(10-18)11-20/h4-5,9,13,20H,2-3,6-8,10-11H2,1H3. The van der Waals surface area contributed by atoms with Crippen LogP contribution in [0, 0.1) is 5.92 Å². The summed E-state index contributed by atoms with van der Waals surface area (Å²) in [5, 5.41) is 9.29. The molecule has 1 aromatic carbocycles. The van der Waals surface area contributed by atoms with E-state index in [1.54, 1.807) is 11.8 Å². The zero-order chi connectivity index (χ0) is 15.7. The Balaban J connectivity index is 1.78. The second-order valence-corrected chi connectivity index (χ2v) is 6.21. The molecule has 0 spiro atoms. The summed E-state index contributed by atoms with van der Waals surface area (Å²) < 4.78 is 0. The lowest BCUT2D eigenvalue weighted by Gasteiger charge is -2.32. The predicted molar refractivity (Wildman–Crippen MR) is 83.9 cm³/mol. The fourth-order valence-corrected chi connectivity index (χ4v) is 3.44. The fourth-order valence-electron chi connectivity index (χ4n) is 3.44. The average Bonchev–Trinajstić information content (AvgIpc) is 2.97. The highest BCUT2D eigenvalue weighted by atomic mass is 16.3. The summed E-state index contributed by atoms with van der Waals surface area (Å²) in [6.45, 7) is 3.79. The molecule has 2 amide bonds. The van der Waals surface area contributed by atoms with Gasteiger partial charge in [0.1, 0.15) is 0 Å². The third kappa shape index (κ3) is 2.73. The van der Waals surface area contributed by atoms with Gasteiger partial charge in [0.2, 0.25) is 5.91 Å². The van der Waals surface area contributed by atoms with Crippen LogP contribution in [0.2, 0.25) is 0 Å². The van der Waals surface area contributed by atoms with Crippen LogP contribution in [0.4, 0.5) is 5.69 Å². The smallest absolute Gasteiger partial charge is 0.253 e. The number of likely N-dealkylation sites (tertiary alicyclic amines) is 1. The molecule has 3 rings (SSSR count). The molecule has 2 heterocycles. The van der Waals surface area contributed by atoms with Crippen molar-refractivity contribution in [3.63, 3.8) is 0 Å². The molecule has 1 unspecified atom stereocenters. The topological polar surface area (TPSA) is 60.9 Å². The number of piperidine rings is 1. The molecule has 1 atom stereocenters. The molecule has 0 aliphatic carbocycles. The van der Waals surface area contributed by atoms with E-state index in [9.17, 15) is 14.7 Å². The van der Waals surface area contributed by atoms with Crippen LogP contribution in [0.3, 0.4) is 0 Å². The summed E-state index contributed by atoms with van der Waals surface area (Å²) >= 11 is 0. The fraction of sp³-hybridized carbons (Fsp3) is 0.529. The van der Waals surface area contributed by atoms with Gasteiger partial charge < -0.3 is 14.9 Å². The number of aliphatic hydroxyl groups is 1. The molecule has 22 heavy (non-hydrogen) atoms. The zero-order valence-electron chi connectivity index (χ0n) is 12.9. The van der Waals surface area contributed by atoms with E-state index in [1.165, 1.54) is 0 Å². The van der Waals surface area contributed by atoms with Crippen molar-refractivity contribution in [1.29, 1.82) is 0 Å². The van der Waals surface area contributed by atoms with Crippen molar-refractivity contribution < 1.29 is 14.7 Å². The quantitative estimate of drug-likeness (QED) is 0.899. The molecule has 118 valence electrons. The lowest BCUT2D eigenvalue weighted by atomic mass is 9.98. The minimum Gasteiger partial charge on any atom is -0.396 e. The Kier molecular flexibility index (Phi) is 4.16. The molecule has 1 aromatic rings. The number of aliphatic hydroxyl groups excluding tert-OH is 1. The molecule has 2 aliphatic heterocycles. The maximum Gasteiger partial charge on any atom is 0.253 e. The van der Waals surface area contributed by atoms with Crippen molar-refractivity contribution in [1.82, 2.24) is 4.90 Å². The van der Waals surface area contributed by atoms with E-state index in [2.05, 4.69) is 0 Å². The Morgan fingerprint density at radius 2 is 2.14 bits per heavy atom. The van der Waals surface area contributed by atoms with Crippen molar-refractivity contribution in [2.75, 3.05) is 31.1 Å². The zero-order valence-corrected chi connectivity index (χ0v) is 12.9. The normalized spacial score (nSPS) is 20.9. The number of amides is 2. The first kappa shape index (κ1) is 15.0. The summed E-state index contributed by atoms with van der Waals surface area (Å²) in [6.07, 6.45) is 2.73. The number of carbonyl (C=O) groups is 2. The van der Waals surface area contributed by atoms with E-state index < -0.39 is 0 Å². The highest BCUT2D eigenvalue weighted by Crippen LogP contribution is 2.29. The van der Waals surface area contributed by atoms with Crippen molar-refractivity contribution >= 4 is 17.5 Å². The van der Waals surface area contributed by atoms with E-state index in [0.29, 0.717) is 18.7 Å². The minimum absolute atomic E-state index is 0.0298. The summed E-state index contributed by atoms with van der Waals surface area (Å²) in [5.41, 5.74) is 2.68. The van der Waals surface area contributed by atoms with Crippen molar-refractivity contribution in [2.45, 2.75) is 26.2 Å². The minimum atomic E-state index is 0.0298. The van der Waals surface area contributed by atoms with Gasteiger partial charge in [0, 0.05) is 44.4 Å². The van der Waals surface area contributed by atoms with Crippen molar-refractivity contribution in [2.24, 2.45) is 5.92 Å². The third-order valence-corrected chi connectivity index (χ3v) is 4.67. The number of hydrogen-bond donors (Lipinski definition) is 1. The van der Waals surface area contributed by atoms with Gasteiger partial charge >= 0.3 is 0 Å². The van der Waals surface area contributed by atoms with Crippen molar-refractivity contribution in [3.8, 4) is 0 Å². The van der Waals surface area contributed by atoms with Crippen molar-refractivity contribution in [3.05, 3.63) is 29.3 Å². The molecular weight excluding hydrogens is 280 g/mol. The van der Waals surface area contributed by atoms with Crippen LogP contribution >= 0.6 is 0 Å². The number of anilines is 1. The molecular formula is C17H22N2O3. The Hall–Kier alpha value is -1.88. The van der Waals surface area contributed by atoms with Gasteiger partial charge in [0.25, 0.3) is 5.91 Å². The van der Waals surface area contributed by atoms with E-state index in [-0.39, 0.29) is 24.3 Å². The molecule has 1 N–H and O–H groups in total. The van der Waals surface area contributed by atoms with Crippen LogP contribution in [-0.4, -0.2) is 48.1 Å². The number of nitrogens with zero attached hydrogens (tertiary/aromatic N) is 2. The molecule has 2 aliphatic rings. The van der Waals surface area contributed by atoms with Gasteiger partial charge in [-0.1, -0.05) is 0 Å². The van der Waals surface area contributed by atoms with Gasteiger partial charge in [-0.15, -0.1) is 0 Å². The second-order valence-electron chi connectivity index (χ2n) is 6.21. The van der Waals surface area contributed by atoms with Gasteiger partial charge in [-0.3, -0.25) is 9.59 Å². The maximum atomic E-state index is 12.6. The molecule has 0 bridgehead atoms. The molecule has 5 nitrogen and oxygen atoms in total. The Morgan fingerprint density at radius 3 is 2.86 bits per heavy atom. The van der Waals surface area contributed by atoms with Crippen LogP contribution in [0.5, 0.6) is 0 Å². The lowest BCUT2D eigenvalue weighted by Crippen LogP contribution is -2.40. The van der Waals surface area contributed by atoms with Gasteiger partial charge in [0.05, 0.1) is 0 Å². The van der Waals surface area contributed by atoms with Crippen LogP contribution in [0.25, 0.3) is 0 Å². The van der Waals surface area contributed by atoms with Crippen LogP contribution in [0.1, 0.15) is 35.7 Å². The van der Waals surface area contributed by atoms with E-state index in [1.807, 2.05) is 23.1 Å². The number of hydrogen-bond acceptors (Lipinski definition) is 3. The number of carbonyl (C=O) groups excluding carboxylic acids is 2. The van der Waals surface area contributed by atoms with Crippen LogP contribution in [-0.2, 0) is 11.2 Å². The number of fused-ring (bicyclic) bond motifs is 1. The third-order valence-electron chi connectivity index (χ3n) is 4.67. The van der Waals surface area contributed by atoms with E-state index in [0.717, 1.165) is 37.1 Å². The Labute approximate surface area is 130 Å². The van der Waals surface area contributed by atoms with E-state index in [4.69, 9.17) is 0 Å². The predicted octanol–water partition coefficient (Wildman–Crippen LogP) is 1.44. The molecule has 1 fully saturated rings. The largest absolute Gasteiger partial charge is 0.396 e. The first-order valence-electron chi connectivity index (χ1n) is 7.91.